The molecule has 0 heterocycles. The van der Waals surface area contributed by atoms with Crippen molar-refractivity contribution in [1.82, 2.24) is 5.32 Å². The molecule has 2 heteroatoms. The number of nitrogens with zero attached hydrogens (tertiary/aromatic N) is 1. The molecule has 0 aliphatic heterocycles. The van der Waals surface area contributed by atoms with Crippen molar-refractivity contribution in [3.63, 3.8) is 0 Å². The molecule has 0 aliphatic rings. The monoisotopic (exact) mass is 244 g/mol. The third kappa shape index (κ3) is 4.50. The van der Waals surface area contributed by atoms with Crippen molar-refractivity contribution < 1.29 is 0 Å². The van der Waals surface area contributed by atoms with E-state index in [2.05, 4.69) is 51.2 Å². The Labute approximate surface area is 111 Å². The van der Waals surface area contributed by atoms with Crippen LogP contribution in [0.1, 0.15) is 45.7 Å². The lowest BCUT2D eigenvalue weighted by Gasteiger charge is -2.29. The summed E-state index contributed by atoms with van der Waals surface area (Å²) in [6.07, 6.45) is 0.515. The van der Waals surface area contributed by atoms with Gasteiger partial charge < -0.3 is 5.32 Å². The van der Waals surface area contributed by atoms with Crippen LogP contribution in [0.2, 0.25) is 0 Å². The predicted octanol–water partition coefficient (Wildman–Crippen LogP) is 3.91. The zero-order valence-corrected chi connectivity index (χ0v) is 11.9. The summed E-state index contributed by atoms with van der Waals surface area (Å²) in [5, 5.41) is 12.5. The van der Waals surface area contributed by atoms with Gasteiger partial charge in [0.25, 0.3) is 0 Å². The molecule has 1 N–H and O–H groups in total. The molecule has 2 unspecified atom stereocenters. The Hall–Kier alpha value is -1.33. The quantitative estimate of drug-likeness (QED) is 0.852. The van der Waals surface area contributed by atoms with Crippen LogP contribution < -0.4 is 5.32 Å². The average Bonchev–Trinajstić information content (AvgIpc) is 2.34. The van der Waals surface area contributed by atoms with Gasteiger partial charge in [-0.1, -0.05) is 58.0 Å². The van der Waals surface area contributed by atoms with Crippen LogP contribution in [0.5, 0.6) is 0 Å². The molecule has 0 saturated heterocycles. The van der Waals surface area contributed by atoms with Gasteiger partial charge in [0.15, 0.2) is 0 Å². The Morgan fingerprint density at radius 3 is 2.33 bits per heavy atom. The minimum absolute atomic E-state index is 0.140. The summed E-state index contributed by atoms with van der Waals surface area (Å²) in [5.41, 5.74) is 1.49. The van der Waals surface area contributed by atoms with Crippen LogP contribution in [-0.2, 0) is 0 Å². The first-order valence-corrected chi connectivity index (χ1v) is 6.60. The number of hydrogen-bond donors (Lipinski definition) is 1. The fraction of sp³-hybridized carbons (Fsp3) is 0.562. The standard InChI is InChI=1S/C16H24N2/c1-13(16(2,3)4)12-18-15(10-11-17)14-8-6-5-7-9-14/h5-9,13,15,18H,10,12H2,1-4H3. The molecule has 0 aliphatic carbocycles. The maximum absolute atomic E-state index is 8.93. The van der Waals surface area contributed by atoms with Crippen LogP contribution in [0, 0.1) is 22.7 Å². The van der Waals surface area contributed by atoms with Crippen molar-refractivity contribution in [2.75, 3.05) is 6.54 Å². The lowest BCUT2D eigenvalue weighted by Crippen LogP contribution is -2.32. The molecule has 0 fully saturated rings. The first-order valence-electron chi connectivity index (χ1n) is 6.60. The summed E-state index contributed by atoms with van der Waals surface area (Å²) in [7, 11) is 0. The third-order valence-electron chi connectivity index (χ3n) is 3.65. The van der Waals surface area contributed by atoms with Crippen LogP contribution in [0.4, 0.5) is 0 Å². The van der Waals surface area contributed by atoms with E-state index in [1.165, 1.54) is 5.56 Å². The fourth-order valence-corrected chi connectivity index (χ4v) is 1.71. The van der Waals surface area contributed by atoms with Crippen LogP contribution in [-0.4, -0.2) is 6.54 Å². The molecule has 0 spiro atoms. The molecule has 2 atom stereocenters. The number of nitriles is 1. The number of nitrogens with one attached hydrogen (secondary N) is 1. The largest absolute Gasteiger partial charge is 0.309 e. The van der Waals surface area contributed by atoms with Crippen molar-refractivity contribution in [1.29, 1.82) is 5.26 Å². The Morgan fingerprint density at radius 1 is 1.22 bits per heavy atom. The molecule has 1 aromatic rings. The third-order valence-corrected chi connectivity index (χ3v) is 3.65. The highest BCUT2D eigenvalue weighted by molar-refractivity contribution is 5.19. The van der Waals surface area contributed by atoms with Crippen molar-refractivity contribution in [2.24, 2.45) is 11.3 Å². The maximum atomic E-state index is 8.93. The number of rotatable bonds is 5. The summed E-state index contributed by atoms with van der Waals surface area (Å²) in [6.45, 7) is 9.94. The highest BCUT2D eigenvalue weighted by Crippen LogP contribution is 2.25. The van der Waals surface area contributed by atoms with Gasteiger partial charge in [0, 0.05) is 6.04 Å². The summed E-state index contributed by atoms with van der Waals surface area (Å²) < 4.78 is 0. The molecule has 1 aromatic carbocycles. The van der Waals surface area contributed by atoms with Crippen molar-refractivity contribution >= 4 is 0 Å². The van der Waals surface area contributed by atoms with Gasteiger partial charge in [-0.15, -0.1) is 0 Å². The van der Waals surface area contributed by atoms with E-state index >= 15 is 0 Å². The molecule has 0 saturated carbocycles. The SMILES string of the molecule is CC(CNC(CC#N)c1ccccc1)C(C)(C)C. The molecule has 0 amide bonds. The van der Waals surface area contributed by atoms with Gasteiger partial charge in [0.1, 0.15) is 0 Å². The fourth-order valence-electron chi connectivity index (χ4n) is 1.71. The normalized spacial score (nSPS) is 14.8. The predicted molar refractivity (Wildman–Crippen MR) is 76.0 cm³/mol. The highest BCUT2D eigenvalue weighted by atomic mass is 14.9. The topological polar surface area (TPSA) is 35.8 Å². The van der Waals surface area contributed by atoms with Gasteiger partial charge in [-0.25, -0.2) is 0 Å². The Morgan fingerprint density at radius 2 is 1.83 bits per heavy atom. The van der Waals surface area contributed by atoms with Crippen LogP contribution >= 0.6 is 0 Å². The Balaban J connectivity index is 2.63. The zero-order chi connectivity index (χ0) is 13.6. The van der Waals surface area contributed by atoms with Crippen LogP contribution in [0.15, 0.2) is 30.3 Å². The second kappa shape index (κ2) is 6.56. The summed E-state index contributed by atoms with van der Waals surface area (Å²) in [4.78, 5) is 0. The molecule has 18 heavy (non-hydrogen) atoms. The zero-order valence-electron chi connectivity index (χ0n) is 11.9. The van der Waals surface area contributed by atoms with E-state index in [0.717, 1.165) is 6.54 Å². The smallest absolute Gasteiger partial charge is 0.0641 e. The molecule has 2 nitrogen and oxygen atoms in total. The number of benzene rings is 1. The van der Waals surface area contributed by atoms with Crippen LogP contribution in [0.3, 0.4) is 0 Å². The van der Waals surface area contributed by atoms with E-state index < -0.39 is 0 Å². The lowest BCUT2D eigenvalue weighted by atomic mass is 9.82. The Bertz CT molecular complexity index is 384. The second-order valence-electron chi connectivity index (χ2n) is 6.00. The van der Waals surface area contributed by atoms with Crippen molar-refractivity contribution in [3.8, 4) is 6.07 Å². The molecule has 0 radical (unpaired) electrons. The van der Waals surface area contributed by atoms with Gasteiger partial charge in [-0.2, -0.15) is 5.26 Å². The summed E-state index contributed by atoms with van der Waals surface area (Å²) in [6, 6.07) is 12.6. The summed E-state index contributed by atoms with van der Waals surface area (Å²) in [5.74, 6) is 0.572. The molecule has 0 bridgehead atoms. The Kier molecular flexibility index (Phi) is 5.37. The van der Waals surface area contributed by atoms with Crippen molar-refractivity contribution in [3.05, 3.63) is 35.9 Å². The van der Waals surface area contributed by atoms with Crippen molar-refractivity contribution in [2.45, 2.75) is 40.2 Å². The molecular formula is C16H24N2. The van der Waals surface area contributed by atoms with E-state index in [1.54, 1.807) is 0 Å². The first kappa shape index (κ1) is 14.7. The van der Waals surface area contributed by atoms with Gasteiger partial charge in [0.05, 0.1) is 12.5 Å². The number of hydrogen-bond acceptors (Lipinski definition) is 2. The first-order chi connectivity index (χ1) is 8.45. The van der Waals surface area contributed by atoms with E-state index in [0.29, 0.717) is 17.8 Å². The average molecular weight is 244 g/mol. The maximum Gasteiger partial charge on any atom is 0.0641 e. The van der Waals surface area contributed by atoms with Gasteiger partial charge >= 0.3 is 0 Å². The lowest BCUT2D eigenvalue weighted by molar-refractivity contribution is 0.245. The minimum atomic E-state index is 0.140. The molecular weight excluding hydrogens is 220 g/mol. The van der Waals surface area contributed by atoms with Gasteiger partial charge in [-0.3, -0.25) is 0 Å². The van der Waals surface area contributed by atoms with Gasteiger partial charge in [0.2, 0.25) is 0 Å². The second-order valence-corrected chi connectivity index (χ2v) is 6.00. The molecule has 98 valence electrons. The molecule has 0 aromatic heterocycles. The van der Waals surface area contributed by atoms with Crippen LogP contribution in [0.25, 0.3) is 0 Å². The van der Waals surface area contributed by atoms with E-state index in [9.17, 15) is 0 Å². The van der Waals surface area contributed by atoms with Gasteiger partial charge in [-0.05, 0) is 23.4 Å². The van der Waals surface area contributed by atoms with E-state index in [-0.39, 0.29) is 6.04 Å². The van der Waals surface area contributed by atoms with E-state index in [4.69, 9.17) is 5.26 Å². The highest BCUT2D eigenvalue weighted by Gasteiger charge is 2.21. The minimum Gasteiger partial charge on any atom is -0.309 e. The van der Waals surface area contributed by atoms with E-state index in [1.807, 2.05) is 18.2 Å². The summed E-state index contributed by atoms with van der Waals surface area (Å²) >= 11 is 0. The molecule has 1 rings (SSSR count).